The van der Waals surface area contributed by atoms with E-state index in [-0.39, 0.29) is 25.7 Å². The van der Waals surface area contributed by atoms with Crippen molar-refractivity contribution in [2.75, 3.05) is 0 Å². The number of halogens is 2. The first-order valence-corrected chi connectivity index (χ1v) is 5.76. The molecule has 100 valence electrons. The van der Waals surface area contributed by atoms with Crippen LogP contribution < -0.4 is 0 Å². The summed E-state index contributed by atoms with van der Waals surface area (Å²) in [6.07, 6.45) is -2.07. The van der Waals surface area contributed by atoms with E-state index in [0.29, 0.717) is 4.90 Å². The fourth-order valence-electron chi connectivity index (χ4n) is 2.62. The van der Waals surface area contributed by atoms with Crippen molar-refractivity contribution in [3.05, 3.63) is 0 Å². The Labute approximate surface area is 102 Å². The minimum Gasteiger partial charge on any atom is -0.479 e. The van der Waals surface area contributed by atoms with Crippen LogP contribution in [0.25, 0.3) is 0 Å². The molecule has 2 fully saturated rings. The van der Waals surface area contributed by atoms with Crippen LogP contribution in [0.2, 0.25) is 0 Å². The molecule has 1 N–H and O–H groups in total. The first kappa shape index (κ1) is 12.9. The molecule has 0 bridgehead atoms. The second-order valence-corrected chi connectivity index (χ2v) is 4.82. The van der Waals surface area contributed by atoms with Crippen LogP contribution >= 0.6 is 0 Å². The van der Waals surface area contributed by atoms with Gasteiger partial charge in [0.25, 0.3) is 0 Å². The van der Waals surface area contributed by atoms with E-state index in [0.717, 1.165) is 0 Å². The number of imide groups is 1. The van der Waals surface area contributed by atoms with Crippen LogP contribution in [-0.2, 0) is 14.4 Å². The molecule has 0 aromatic heterocycles. The number of amides is 2. The molecule has 0 aromatic carbocycles. The van der Waals surface area contributed by atoms with Crippen molar-refractivity contribution < 1.29 is 28.3 Å². The molecule has 0 unspecified atom stereocenters. The van der Waals surface area contributed by atoms with E-state index in [9.17, 15) is 28.3 Å². The predicted octanol–water partition coefficient (Wildman–Crippen LogP) is 1.17. The van der Waals surface area contributed by atoms with Gasteiger partial charge in [-0.3, -0.25) is 14.5 Å². The van der Waals surface area contributed by atoms with Crippen LogP contribution in [0.1, 0.15) is 38.5 Å². The van der Waals surface area contributed by atoms with Crippen LogP contribution in [0.3, 0.4) is 0 Å². The lowest BCUT2D eigenvalue weighted by Crippen LogP contribution is -2.59. The summed E-state index contributed by atoms with van der Waals surface area (Å²) < 4.78 is 26.2. The Morgan fingerprint density at radius 3 is 1.89 bits per heavy atom. The van der Waals surface area contributed by atoms with E-state index in [4.69, 9.17) is 0 Å². The molecular weight excluding hydrogens is 248 g/mol. The second kappa shape index (κ2) is 4.00. The minimum absolute atomic E-state index is 0.0374. The molecule has 2 rings (SSSR count). The van der Waals surface area contributed by atoms with E-state index < -0.39 is 42.1 Å². The van der Waals surface area contributed by atoms with Crippen LogP contribution in [-0.4, -0.2) is 39.3 Å². The zero-order valence-corrected chi connectivity index (χ0v) is 9.62. The summed E-state index contributed by atoms with van der Waals surface area (Å²) in [6, 6.07) is 0. The Kier molecular flexibility index (Phi) is 2.87. The standard InChI is InChI=1S/C11H13F2NO4/c12-11(13)5-3-10(4-6-11,9(17)18)14-7(15)1-2-8(14)16/h1-6H2,(H,17,18). The third-order valence-electron chi connectivity index (χ3n) is 3.69. The highest BCUT2D eigenvalue weighted by molar-refractivity contribution is 6.06. The number of hydrogen-bond acceptors (Lipinski definition) is 3. The van der Waals surface area contributed by atoms with E-state index in [1.165, 1.54) is 0 Å². The lowest BCUT2D eigenvalue weighted by molar-refractivity contribution is -0.171. The zero-order valence-electron chi connectivity index (χ0n) is 9.62. The average Bonchev–Trinajstić information content (AvgIpc) is 2.60. The van der Waals surface area contributed by atoms with Gasteiger partial charge in [0.15, 0.2) is 0 Å². The molecule has 1 saturated carbocycles. The highest BCUT2D eigenvalue weighted by Gasteiger charge is 2.56. The van der Waals surface area contributed by atoms with Gasteiger partial charge < -0.3 is 5.11 Å². The lowest BCUT2D eigenvalue weighted by Gasteiger charge is -2.41. The summed E-state index contributed by atoms with van der Waals surface area (Å²) >= 11 is 0. The maximum Gasteiger partial charge on any atom is 0.330 e. The first-order valence-electron chi connectivity index (χ1n) is 5.76. The maximum absolute atomic E-state index is 13.1. The Morgan fingerprint density at radius 2 is 1.50 bits per heavy atom. The third-order valence-corrected chi connectivity index (χ3v) is 3.69. The molecule has 2 aliphatic rings. The van der Waals surface area contributed by atoms with Gasteiger partial charge in [-0.1, -0.05) is 0 Å². The second-order valence-electron chi connectivity index (χ2n) is 4.82. The Morgan fingerprint density at radius 1 is 1.06 bits per heavy atom. The number of nitrogens with zero attached hydrogens (tertiary/aromatic N) is 1. The van der Waals surface area contributed by atoms with Crippen molar-refractivity contribution in [2.45, 2.75) is 50.0 Å². The smallest absolute Gasteiger partial charge is 0.330 e. The number of hydrogen-bond donors (Lipinski definition) is 1. The molecule has 7 heteroatoms. The van der Waals surface area contributed by atoms with Crippen molar-refractivity contribution in [3.8, 4) is 0 Å². The number of carboxylic acid groups (broad SMARTS) is 1. The molecule has 5 nitrogen and oxygen atoms in total. The minimum atomic E-state index is -2.91. The van der Waals surface area contributed by atoms with Gasteiger partial charge in [-0.05, 0) is 12.8 Å². The number of aliphatic carboxylic acids is 1. The maximum atomic E-state index is 13.1. The predicted molar refractivity (Wildman–Crippen MR) is 54.9 cm³/mol. The van der Waals surface area contributed by atoms with Crippen LogP contribution in [0.5, 0.6) is 0 Å². The average molecular weight is 261 g/mol. The van der Waals surface area contributed by atoms with E-state index in [2.05, 4.69) is 0 Å². The van der Waals surface area contributed by atoms with E-state index in [1.54, 1.807) is 0 Å². The Balaban J connectivity index is 2.32. The fraction of sp³-hybridized carbons (Fsp3) is 0.727. The van der Waals surface area contributed by atoms with Gasteiger partial charge in [-0.15, -0.1) is 0 Å². The number of carbonyl (C=O) groups excluding carboxylic acids is 2. The lowest BCUT2D eigenvalue weighted by atomic mass is 9.78. The molecule has 0 aromatic rings. The van der Waals surface area contributed by atoms with E-state index in [1.807, 2.05) is 0 Å². The van der Waals surface area contributed by atoms with Crippen molar-refractivity contribution in [2.24, 2.45) is 0 Å². The number of alkyl halides is 2. The number of carboxylic acids is 1. The molecule has 0 spiro atoms. The topological polar surface area (TPSA) is 74.7 Å². The largest absolute Gasteiger partial charge is 0.479 e. The summed E-state index contributed by atoms with van der Waals surface area (Å²) in [7, 11) is 0. The Bertz CT molecular complexity index is 395. The third kappa shape index (κ3) is 1.87. The molecule has 1 heterocycles. The fourth-order valence-corrected chi connectivity index (χ4v) is 2.62. The zero-order chi connectivity index (χ0) is 13.6. The quantitative estimate of drug-likeness (QED) is 0.757. The molecule has 1 aliphatic heterocycles. The summed E-state index contributed by atoms with van der Waals surface area (Å²) in [4.78, 5) is 35.3. The molecule has 18 heavy (non-hydrogen) atoms. The van der Waals surface area contributed by atoms with Crippen LogP contribution in [0.4, 0.5) is 8.78 Å². The summed E-state index contributed by atoms with van der Waals surface area (Å²) in [5, 5.41) is 9.26. The van der Waals surface area contributed by atoms with Crippen LogP contribution in [0.15, 0.2) is 0 Å². The van der Waals surface area contributed by atoms with Gasteiger partial charge in [0.1, 0.15) is 5.54 Å². The summed E-state index contributed by atoms with van der Waals surface area (Å²) in [6.45, 7) is 0. The van der Waals surface area contributed by atoms with Crippen molar-refractivity contribution in [1.82, 2.24) is 4.90 Å². The molecule has 0 radical (unpaired) electrons. The normalized spacial score (nSPS) is 26.4. The van der Waals surface area contributed by atoms with Crippen molar-refractivity contribution >= 4 is 17.8 Å². The molecule has 1 saturated heterocycles. The van der Waals surface area contributed by atoms with Gasteiger partial charge in [0.2, 0.25) is 17.7 Å². The molecule has 1 aliphatic carbocycles. The number of carbonyl (C=O) groups is 3. The molecule has 2 amide bonds. The number of rotatable bonds is 2. The number of likely N-dealkylation sites (tertiary alicyclic amines) is 1. The Hall–Kier alpha value is -1.53. The van der Waals surface area contributed by atoms with Gasteiger partial charge in [0.05, 0.1) is 0 Å². The van der Waals surface area contributed by atoms with Crippen LogP contribution in [0, 0.1) is 0 Å². The van der Waals surface area contributed by atoms with Crippen molar-refractivity contribution in [1.29, 1.82) is 0 Å². The summed E-state index contributed by atoms with van der Waals surface area (Å²) in [5.41, 5.74) is -1.77. The van der Waals surface area contributed by atoms with Crippen molar-refractivity contribution in [3.63, 3.8) is 0 Å². The van der Waals surface area contributed by atoms with Gasteiger partial charge in [0, 0.05) is 25.7 Å². The monoisotopic (exact) mass is 261 g/mol. The highest BCUT2D eigenvalue weighted by atomic mass is 19.3. The van der Waals surface area contributed by atoms with E-state index >= 15 is 0 Å². The highest BCUT2D eigenvalue weighted by Crippen LogP contribution is 2.43. The summed E-state index contributed by atoms with van der Waals surface area (Å²) in [5.74, 6) is -5.44. The first-order chi connectivity index (χ1) is 8.28. The van der Waals surface area contributed by atoms with Gasteiger partial charge in [-0.2, -0.15) is 0 Å². The molecule has 0 atom stereocenters. The molecular formula is C11H13F2NO4. The SMILES string of the molecule is O=C1CCC(=O)N1C1(C(=O)O)CCC(F)(F)CC1. The van der Waals surface area contributed by atoms with Gasteiger partial charge in [-0.25, -0.2) is 13.6 Å². The van der Waals surface area contributed by atoms with Gasteiger partial charge >= 0.3 is 5.97 Å².